The van der Waals surface area contributed by atoms with Gasteiger partial charge in [-0.1, -0.05) is 0 Å². The third-order valence-electron chi connectivity index (χ3n) is 2.54. The predicted octanol–water partition coefficient (Wildman–Crippen LogP) is 0.667. The van der Waals surface area contributed by atoms with E-state index in [-0.39, 0.29) is 11.4 Å². The van der Waals surface area contributed by atoms with Gasteiger partial charge in [-0.3, -0.25) is 5.10 Å². The van der Waals surface area contributed by atoms with Crippen molar-refractivity contribution in [3.05, 3.63) is 17.2 Å². The van der Waals surface area contributed by atoms with Gasteiger partial charge in [-0.05, 0) is 11.6 Å². The molecular formula is C9H10ClN5O. The molecule has 3 heterocycles. The number of morpholine rings is 1. The van der Waals surface area contributed by atoms with Gasteiger partial charge in [-0.15, -0.1) is 0 Å². The molecule has 6 nitrogen and oxygen atoms in total. The Hall–Kier alpha value is -1.24. The van der Waals surface area contributed by atoms with E-state index in [2.05, 4.69) is 25.5 Å². The number of aromatic amines is 1. The summed E-state index contributed by atoms with van der Waals surface area (Å²) in [6, 6.07) is 0. The Kier molecular flexibility index (Phi) is 2.47. The Morgan fingerprint density at radius 2 is 2.38 bits per heavy atom. The summed E-state index contributed by atoms with van der Waals surface area (Å²) < 4.78 is 5.64. The fourth-order valence-corrected chi connectivity index (χ4v) is 1.99. The summed E-state index contributed by atoms with van der Waals surface area (Å²) in [5.74, 6) is 0. The lowest BCUT2D eigenvalue weighted by molar-refractivity contribution is 0.0260. The molecule has 0 spiro atoms. The minimum atomic E-state index is -0.0886. The maximum Gasteiger partial charge on any atom is 0.224 e. The highest BCUT2D eigenvalue weighted by atomic mass is 35.5. The quantitative estimate of drug-likeness (QED) is 0.716. The van der Waals surface area contributed by atoms with E-state index < -0.39 is 0 Å². The molecule has 7 heteroatoms. The zero-order chi connectivity index (χ0) is 11.0. The standard InChI is InChI=1S/C9H10ClN5O/c10-9-13-7(6-4-11-1-2-16-6)5-3-12-15-8(5)14-9/h3,6,11H,1-2,4H2,(H,12,13,14,15). The lowest BCUT2D eigenvalue weighted by Gasteiger charge is -2.23. The third kappa shape index (κ3) is 1.64. The number of ether oxygens (including phenoxy) is 1. The second kappa shape index (κ2) is 3.97. The van der Waals surface area contributed by atoms with Crippen LogP contribution in [0, 0.1) is 0 Å². The van der Waals surface area contributed by atoms with Crippen molar-refractivity contribution in [3.8, 4) is 0 Å². The normalized spacial score (nSPS) is 21.4. The molecule has 2 aromatic heterocycles. The van der Waals surface area contributed by atoms with E-state index in [1.807, 2.05) is 0 Å². The number of H-pyrrole nitrogens is 1. The summed E-state index contributed by atoms with van der Waals surface area (Å²) in [6.45, 7) is 2.27. The van der Waals surface area contributed by atoms with E-state index in [9.17, 15) is 0 Å². The molecule has 16 heavy (non-hydrogen) atoms. The number of rotatable bonds is 1. The van der Waals surface area contributed by atoms with Crippen LogP contribution in [0.1, 0.15) is 11.8 Å². The van der Waals surface area contributed by atoms with E-state index in [1.165, 1.54) is 0 Å². The SMILES string of the molecule is Clc1nc(C2CNCCO2)c2cn[nH]c2n1. The molecule has 1 atom stereocenters. The highest BCUT2D eigenvalue weighted by Crippen LogP contribution is 2.24. The van der Waals surface area contributed by atoms with Crippen molar-refractivity contribution >= 4 is 22.6 Å². The number of hydrogen-bond acceptors (Lipinski definition) is 5. The smallest absolute Gasteiger partial charge is 0.224 e. The first-order valence-electron chi connectivity index (χ1n) is 5.03. The molecule has 2 aromatic rings. The van der Waals surface area contributed by atoms with Crippen LogP contribution in [0.25, 0.3) is 11.0 Å². The van der Waals surface area contributed by atoms with Crippen molar-refractivity contribution < 1.29 is 4.74 Å². The van der Waals surface area contributed by atoms with Gasteiger partial charge in [0.25, 0.3) is 0 Å². The van der Waals surface area contributed by atoms with Gasteiger partial charge in [0.15, 0.2) is 5.65 Å². The molecule has 3 rings (SSSR count). The molecule has 0 radical (unpaired) electrons. The van der Waals surface area contributed by atoms with Crippen LogP contribution in [-0.2, 0) is 4.74 Å². The van der Waals surface area contributed by atoms with E-state index in [0.717, 1.165) is 24.2 Å². The Labute approximate surface area is 96.4 Å². The minimum Gasteiger partial charge on any atom is -0.369 e. The molecule has 0 aliphatic carbocycles. The van der Waals surface area contributed by atoms with Crippen LogP contribution >= 0.6 is 11.6 Å². The summed E-state index contributed by atoms with van der Waals surface area (Å²) >= 11 is 5.85. The van der Waals surface area contributed by atoms with Gasteiger partial charge in [0.05, 0.1) is 23.9 Å². The monoisotopic (exact) mass is 239 g/mol. The lowest BCUT2D eigenvalue weighted by Crippen LogP contribution is -2.33. The summed E-state index contributed by atoms with van der Waals surface area (Å²) in [5, 5.41) is 11.0. The van der Waals surface area contributed by atoms with Gasteiger partial charge in [0, 0.05) is 13.1 Å². The van der Waals surface area contributed by atoms with Gasteiger partial charge in [-0.2, -0.15) is 10.1 Å². The largest absolute Gasteiger partial charge is 0.369 e. The second-order valence-electron chi connectivity index (χ2n) is 3.57. The van der Waals surface area contributed by atoms with Crippen molar-refractivity contribution in [1.29, 1.82) is 0 Å². The molecule has 0 bridgehead atoms. The zero-order valence-corrected chi connectivity index (χ0v) is 9.16. The highest BCUT2D eigenvalue weighted by Gasteiger charge is 2.21. The van der Waals surface area contributed by atoms with Gasteiger partial charge in [0.1, 0.15) is 6.10 Å². The van der Waals surface area contributed by atoms with Crippen molar-refractivity contribution in [2.24, 2.45) is 0 Å². The van der Waals surface area contributed by atoms with Crippen molar-refractivity contribution in [3.63, 3.8) is 0 Å². The van der Waals surface area contributed by atoms with Crippen LogP contribution in [0.3, 0.4) is 0 Å². The average molecular weight is 240 g/mol. The lowest BCUT2D eigenvalue weighted by atomic mass is 10.1. The van der Waals surface area contributed by atoms with Crippen molar-refractivity contribution in [1.82, 2.24) is 25.5 Å². The molecule has 1 aliphatic heterocycles. The Bertz CT molecular complexity index is 508. The van der Waals surface area contributed by atoms with Crippen molar-refractivity contribution in [2.75, 3.05) is 19.7 Å². The van der Waals surface area contributed by atoms with E-state index in [4.69, 9.17) is 16.3 Å². The number of fused-ring (bicyclic) bond motifs is 1. The topological polar surface area (TPSA) is 75.7 Å². The van der Waals surface area contributed by atoms with Crippen LogP contribution in [0.4, 0.5) is 0 Å². The average Bonchev–Trinajstić information content (AvgIpc) is 2.77. The minimum absolute atomic E-state index is 0.0886. The van der Waals surface area contributed by atoms with E-state index >= 15 is 0 Å². The highest BCUT2D eigenvalue weighted by molar-refractivity contribution is 6.28. The fraction of sp³-hybridized carbons (Fsp3) is 0.444. The van der Waals surface area contributed by atoms with Crippen LogP contribution in [-0.4, -0.2) is 39.9 Å². The number of nitrogens with one attached hydrogen (secondary N) is 2. The Balaban J connectivity index is 2.09. The van der Waals surface area contributed by atoms with E-state index in [0.29, 0.717) is 12.3 Å². The number of hydrogen-bond donors (Lipinski definition) is 2. The van der Waals surface area contributed by atoms with Crippen molar-refractivity contribution in [2.45, 2.75) is 6.10 Å². The number of halogens is 1. The molecule has 0 aromatic carbocycles. The van der Waals surface area contributed by atoms with E-state index in [1.54, 1.807) is 6.20 Å². The Morgan fingerprint density at radius 1 is 1.44 bits per heavy atom. The van der Waals surface area contributed by atoms with Gasteiger partial charge < -0.3 is 10.1 Å². The Morgan fingerprint density at radius 3 is 3.19 bits per heavy atom. The molecule has 2 N–H and O–H groups in total. The van der Waals surface area contributed by atoms with Crippen LogP contribution in [0.5, 0.6) is 0 Å². The number of nitrogens with zero attached hydrogens (tertiary/aromatic N) is 3. The molecule has 0 saturated carbocycles. The predicted molar refractivity (Wildman–Crippen MR) is 58.3 cm³/mol. The molecule has 0 amide bonds. The van der Waals surface area contributed by atoms with Gasteiger partial charge in [-0.25, -0.2) is 4.98 Å². The zero-order valence-electron chi connectivity index (χ0n) is 8.40. The third-order valence-corrected chi connectivity index (χ3v) is 2.71. The maximum atomic E-state index is 5.85. The van der Waals surface area contributed by atoms with Crippen LogP contribution in [0.2, 0.25) is 5.28 Å². The second-order valence-corrected chi connectivity index (χ2v) is 3.91. The molecular weight excluding hydrogens is 230 g/mol. The first kappa shape index (κ1) is 9.95. The first-order valence-corrected chi connectivity index (χ1v) is 5.41. The van der Waals surface area contributed by atoms with Gasteiger partial charge >= 0.3 is 0 Å². The van der Waals surface area contributed by atoms with Crippen LogP contribution in [0.15, 0.2) is 6.20 Å². The molecule has 1 aliphatic rings. The number of aromatic nitrogens is 4. The summed E-state index contributed by atoms with van der Waals surface area (Å²) in [6.07, 6.45) is 1.60. The fourth-order valence-electron chi connectivity index (χ4n) is 1.82. The molecule has 1 unspecified atom stereocenters. The molecule has 1 fully saturated rings. The molecule has 84 valence electrons. The first-order chi connectivity index (χ1) is 7.84. The summed E-state index contributed by atoms with van der Waals surface area (Å²) in [5.41, 5.74) is 1.43. The van der Waals surface area contributed by atoms with Crippen LogP contribution < -0.4 is 5.32 Å². The maximum absolute atomic E-state index is 5.85. The summed E-state index contributed by atoms with van der Waals surface area (Å²) in [4.78, 5) is 8.28. The molecule has 1 saturated heterocycles. The summed E-state index contributed by atoms with van der Waals surface area (Å²) in [7, 11) is 0. The van der Waals surface area contributed by atoms with Gasteiger partial charge in [0.2, 0.25) is 5.28 Å².